The Hall–Kier alpha value is -3.11. The first-order chi connectivity index (χ1) is 13.7. The Morgan fingerprint density at radius 3 is 1.75 bits per heavy atom. The van der Waals surface area contributed by atoms with Crippen LogP contribution in [0.3, 0.4) is 0 Å². The number of hydrogen-bond acceptors (Lipinski definition) is 3. The molecular weight excluding hydrogens is 354 g/mol. The predicted octanol–water partition coefficient (Wildman–Crippen LogP) is 8.27. The maximum atomic E-state index is 7.99. The second kappa shape index (κ2) is 31.6. The zero-order chi connectivity index (χ0) is 21.7. The molecule has 1 aromatic rings. The summed E-state index contributed by atoms with van der Waals surface area (Å²) < 4.78 is 0. The maximum Gasteiger partial charge on any atom is 0.0510 e. The van der Waals surface area contributed by atoms with E-state index in [1.165, 1.54) is 12.8 Å². The van der Waals surface area contributed by atoms with Gasteiger partial charge in [0.25, 0.3) is 0 Å². The van der Waals surface area contributed by atoms with E-state index in [2.05, 4.69) is 63.0 Å². The fourth-order valence-corrected chi connectivity index (χ4v) is 1.34. The van der Waals surface area contributed by atoms with Gasteiger partial charge >= 0.3 is 0 Å². The molecule has 0 atom stereocenters. The number of rotatable bonds is 8. The minimum Gasteiger partial charge on any atom is -0.0943 e. The van der Waals surface area contributed by atoms with Crippen molar-refractivity contribution in [2.75, 3.05) is 13.1 Å². The molecule has 1 rings (SSSR count). The Balaban J connectivity index is -0.000000327. The third kappa shape index (κ3) is 34.3. The normalized spacial score (nSPS) is 8.14. The van der Waals surface area contributed by atoms with Gasteiger partial charge in [-0.2, -0.15) is 0 Å². The Morgan fingerprint density at radius 1 is 0.786 bits per heavy atom. The average Bonchev–Trinajstić information content (AvgIpc) is 2.72. The van der Waals surface area contributed by atoms with Crippen molar-refractivity contribution in [3.63, 3.8) is 0 Å². The molecule has 0 aliphatic rings. The topological polar surface area (TPSA) is 146 Å². The van der Waals surface area contributed by atoms with E-state index in [9.17, 15) is 0 Å². The van der Waals surface area contributed by atoms with Crippen molar-refractivity contribution < 1.29 is 0 Å². The first-order valence-corrected chi connectivity index (χ1v) is 9.39. The molecule has 0 aliphatic heterocycles. The second-order valence-electron chi connectivity index (χ2n) is 5.13. The van der Waals surface area contributed by atoms with Gasteiger partial charge in [-0.1, -0.05) is 98.4 Å². The first kappa shape index (κ1) is 29.6. The monoisotopic (exact) mass is 387 g/mol. The fourth-order valence-electron chi connectivity index (χ4n) is 1.34. The van der Waals surface area contributed by atoms with E-state index in [0.29, 0.717) is 19.6 Å². The Morgan fingerprint density at radius 2 is 1.32 bits per heavy atom. The molecule has 0 N–H and O–H groups in total. The lowest BCUT2D eigenvalue weighted by Gasteiger charge is -1.90. The van der Waals surface area contributed by atoms with Gasteiger partial charge in [-0.15, -0.1) is 0 Å². The number of benzene rings is 1. The van der Waals surface area contributed by atoms with Crippen LogP contribution in [0.1, 0.15) is 58.9 Å². The summed E-state index contributed by atoms with van der Waals surface area (Å²) in [6, 6.07) is 9.62. The smallest absolute Gasteiger partial charge is 0.0510 e. The molecule has 1 aromatic carbocycles. The van der Waals surface area contributed by atoms with Gasteiger partial charge in [0, 0.05) is 27.8 Å². The zero-order valence-electron chi connectivity index (χ0n) is 17.5. The maximum absolute atomic E-state index is 7.99. The highest BCUT2D eigenvalue weighted by atomic mass is 15.1. The van der Waals surface area contributed by atoms with Crippen LogP contribution in [0.15, 0.2) is 57.8 Å². The highest BCUT2D eigenvalue weighted by Crippen LogP contribution is 1.99. The fraction of sp³-hybridized carbons (Fsp3) is 0.579. The van der Waals surface area contributed by atoms with E-state index >= 15 is 0 Å². The Kier molecular flexibility index (Phi) is 33.5. The van der Waals surface area contributed by atoms with Gasteiger partial charge in [-0.05, 0) is 35.0 Å². The van der Waals surface area contributed by atoms with E-state index in [1.54, 1.807) is 6.92 Å². The highest BCUT2D eigenvalue weighted by molar-refractivity contribution is 5.14. The van der Waals surface area contributed by atoms with Crippen molar-refractivity contribution in [2.24, 2.45) is 15.3 Å². The molecule has 0 spiro atoms. The van der Waals surface area contributed by atoms with Gasteiger partial charge in [0.1, 0.15) is 0 Å². The first-order valence-electron chi connectivity index (χ1n) is 9.39. The molecule has 0 saturated heterocycles. The molecular formula is C19H33N9. The summed E-state index contributed by atoms with van der Waals surface area (Å²) in [7, 11) is 0. The van der Waals surface area contributed by atoms with Gasteiger partial charge in [0.15, 0.2) is 0 Å². The summed E-state index contributed by atoms with van der Waals surface area (Å²) in [5.41, 5.74) is 24.5. The van der Waals surface area contributed by atoms with Crippen molar-refractivity contribution in [1.82, 2.24) is 0 Å². The molecule has 0 heterocycles. The average molecular weight is 388 g/mol. The number of unbranched alkanes of at least 4 members (excludes halogenated alkanes) is 1. The zero-order valence-corrected chi connectivity index (χ0v) is 17.5. The molecule has 0 saturated carbocycles. The van der Waals surface area contributed by atoms with Crippen LogP contribution in [0.2, 0.25) is 0 Å². The van der Waals surface area contributed by atoms with Crippen LogP contribution in [-0.2, 0) is 6.54 Å². The lowest BCUT2D eigenvalue weighted by molar-refractivity contribution is 0.935. The largest absolute Gasteiger partial charge is 0.0943 e. The standard InChI is InChI=1S/C7H7N3.C7H13N3.C3H8.C2H5N3/c8-10-9-6-7-4-2-1-3-5-7;1-2-3-4-5-6-7-9-10-8;1-3-2;1-2-4-5-3/h1-5H,6H2;4-5H,2-3,6-7H2,1H3;3H2,1-2H3;2H2,1H3. The summed E-state index contributed by atoms with van der Waals surface area (Å²) in [6.45, 7) is 9.75. The van der Waals surface area contributed by atoms with Gasteiger partial charge in [0.05, 0.1) is 6.54 Å². The molecule has 28 heavy (non-hydrogen) atoms. The van der Waals surface area contributed by atoms with Crippen molar-refractivity contribution in [3.05, 3.63) is 79.4 Å². The molecule has 0 bridgehead atoms. The van der Waals surface area contributed by atoms with E-state index in [0.717, 1.165) is 18.4 Å². The van der Waals surface area contributed by atoms with Gasteiger partial charge < -0.3 is 0 Å². The van der Waals surface area contributed by atoms with Crippen LogP contribution in [-0.4, -0.2) is 13.1 Å². The number of allylic oxidation sites excluding steroid dienone is 1. The number of nitrogens with zero attached hydrogens (tertiary/aromatic N) is 9. The van der Waals surface area contributed by atoms with E-state index in [4.69, 9.17) is 16.6 Å². The quantitative estimate of drug-likeness (QED) is 0.139. The molecule has 0 amide bonds. The predicted molar refractivity (Wildman–Crippen MR) is 118 cm³/mol. The van der Waals surface area contributed by atoms with Crippen LogP contribution in [0.4, 0.5) is 0 Å². The highest BCUT2D eigenvalue weighted by Gasteiger charge is 1.84. The van der Waals surface area contributed by atoms with E-state index in [1.807, 2.05) is 30.3 Å². The summed E-state index contributed by atoms with van der Waals surface area (Å²) in [5, 5.41) is 9.97. The lowest BCUT2D eigenvalue weighted by Crippen LogP contribution is -1.75. The third-order valence-corrected chi connectivity index (χ3v) is 2.45. The Labute approximate surface area is 168 Å². The van der Waals surface area contributed by atoms with Gasteiger partial charge in [0.2, 0.25) is 0 Å². The van der Waals surface area contributed by atoms with E-state index in [-0.39, 0.29) is 0 Å². The Bertz CT molecular complexity index is 595. The molecule has 0 radical (unpaired) electrons. The minimum absolute atomic E-state index is 0.442. The molecule has 0 aliphatic carbocycles. The summed E-state index contributed by atoms with van der Waals surface area (Å²) >= 11 is 0. The van der Waals surface area contributed by atoms with Crippen LogP contribution in [0.5, 0.6) is 0 Å². The SMILES string of the molecule is CCC.CCCC=CCCN=[N+]=[N-].CCN=[N+]=[N-].[N-]=[N+]=NCc1ccccc1. The molecule has 0 fully saturated rings. The molecule has 154 valence electrons. The summed E-state index contributed by atoms with van der Waals surface area (Å²) in [4.78, 5) is 7.78. The molecule has 0 unspecified atom stereocenters. The third-order valence-electron chi connectivity index (χ3n) is 2.45. The number of hydrogen-bond donors (Lipinski definition) is 0. The van der Waals surface area contributed by atoms with Gasteiger partial charge in [-0.3, -0.25) is 0 Å². The van der Waals surface area contributed by atoms with Crippen LogP contribution < -0.4 is 0 Å². The molecule has 9 nitrogen and oxygen atoms in total. The van der Waals surface area contributed by atoms with Crippen LogP contribution in [0.25, 0.3) is 31.3 Å². The number of azide groups is 3. The van der Waals surface area contributed by atoms with Crippen molar-refractivity contribution >= 4 is 0 Å². The van der Waals surface area contributed by atoms with E-state index < -0.39 is 0 Å². The lowest BCUT2D eigenvalue weighted by atomic mass is 10.2. The van der Waals surface area contributed by atoms with Gasteiger partial charge in [-0.25, -0.2) is 0 Å². The second-order valence-corrected chi connectivity index (χ2v) is 5.13. The molecule has 9 heteroatoms. The van der Waals surface area contributed by atoms with Crippen LogP contribution >= 0.6 is 0 Å². The molecule has 0 aromatic heterocycles. The minimum atomic E-state index is 0.442. The van der Waals surface area contributed by atoms with Crippen molar-refractivity contribution in [2.45, 2.75) is 59.9 Å². The van der Waals surface area contributed by atoms with Crippen molar-refractivity contribution in [1.29, 1.82) is 0 Å². The van der Waals surface area contributed by atoms with Crippen molar-refractivity contribution in [3.8, 4) is 0 Å². The summed E-state index contributed by atoms with van der Waals surface area (Å²) in [6.07, 6.45) is 8.59. The van der Waals surface area contributed by atoms with Crippen LogP contribution in [0, 0.1) is 0 Å². The summed E-state index contributed by atoms with van der Waals surface area (Å²) in [5.74, 6) is 0.